The van der Waals surface area contributed by atoms with E-state index in [4.69, 9.17) is 14.4 Å². The Kier molecular flexibility index (Phi) is 17.8. The smallest absolute Gasteiger partial charge is 2.00 e. The van der Waals surface area contributed by atoms with Gasteiger partial charge in [0, 0.05) is 36.4 Å². The van der Waals surface area contributed by atoms with Crippen LogP contribution >= 0.6 is 0 Å². The van der Waals surface area contributed by atoms with E-state index in [1.807, 2.05) is 0 Å². The Morgan fingerprint density at radius 2 is 0.771 bits per heavy atom. The molecule has 0 aliphatic rings. The van der Waals surface area contributed by atoms with Crippen LogP contribution in [0.2, 0.25) is 0 Å². The first kappa shape index (κ1) is 34.1. The molecule has 13 nitrogen and oxygen atoms in total. The third-order valence-electron chi connectivity index (χ3n) is 3.56. The van der Waals surface area contributed by atoms with Crippen molar-refractivity contribution in [1.29, 1.82) is 0 Å². The number of hydrogen-bond acceptors (Lipinski definition) is 9. The summed E-state index contributed by atoms with van der Waals surface area (Å²) >= 11 is 0. The minimum Gasteiger partial charge on any atom is -2.00 e. The fourth-order valence-electron chi connectivity index (χ4n) is 2.07. The first-order valence-corrected chi connectivity index (χ1v) is 11.5. The molecule has 0 fully saturated rings. The largest absolute Gasteiger partial charge is 2.00 e. The number of hydrogen-bond donors (Lipinski definition) is 3. The summed E-state index contributed by atoms with van der Waals surface area (Å²) in [5.74, 6) is 0. The van der Waals surface area contributed by atoms with E-state index >= 15 is 0 Å². The van der Waals surface area contributed by atoms with Crippen LogP contribution in [0.15, 0.2) is 72.8 Å². The number of rotatable bonds is 6. The fraction of sp³-hybridized carbons (Fsp3) is 0. The van der Waals surface area contributed by atoms with Gasteiger partial charge in [-0.3, -0.25) is 30.3 Å². The summed E-state index contributed by atoms with van der Waals surface area (Å²) in [5, 5.41) is 32.3. The second-order valence-electron chi connectivity index (χ2n) is 5.76. The van der Waals surface area contributed by atoms with Crippen LogP contribution in [0, 0.1) is 30.3 Å². The number of non-ortho nitro benzene ring substituents is 3. The summed E-state index contributed by atoms with van der Waals surface area (Å²) in [6.45, 7) is 0. The Balaban J connectivity index is 0. The van der Waals surface area contributed by atoms with Crippen molar-refractivity contribution in [1.82, 2.24) is 0 Å². The zero-order chi connectivity index (χ0) is 24.8. The summed E-state index contributed by atoms with van der Waals surface area (Å²) in [5.41, 5.74) is 0.0529. The average Bonchev–Trinajstić information content (AvgIpc) is 2.84. The number of benzene rings is 3. The van der Waals surface area contributed by atoms with Gasteiger partial charge in [-0.05, 0) is 15.6 Å². The fourth-order valence-corrected chi connectivity index (χ4v) is 3.22. The van der Waals surface area contributed by atoms with Crippen LogP contribution in [-0.4, -0.2) is 58.4 Å². The van der Waals surface area contributed by atoms with Gasteiger partial charge in [-0.2, -0.15) is 0 Å². The third kappa shape index (κ3) is 12.8. The minimum absolute atomic E-state index is 0. The maximum Gasteiger partial charge on any atom is 2.00 e. The molecule has 0 atom stereocenters. The van der Waals surface area contributed by atoms with E-state index in [1.165, 1.54) is 36.4 Å². The molecule has 3 N–H and O–H groups in total. The Morgan fingerprint density at radius 3 is 0.943 bits per heavy atom. The first-order valence-electron chi connectivity index (χ1n) is 8.65. The number of nitro benzene ring substituents is 3. The topological polar surface area (TPSA) is 219 Å². The molecule has 35 heavy (non-hydrogen) atoms. The van der Waals surface area contributed by atoms with Gasteiger partial charge in [0.2, 0.25) is 0 Å². The Morgan fingerprint density at radius 1 is 0.543 bits per heavy atom. The van der Waals surface area contributed by atoms with Gasteiger partial charge in [-0.1, -0.05) is 36.4 Å². The van der Waals surface area contributed by atoms with Crippen molar-refractivity contribution in [3.63, 3.8) is 0 Å². The van der Waals surface area contributed by atoms with Crippen LogP contribution in [0.5, 0.6) is 0 Å². The predicted molar refractivity (Wildman–Crippen MR) is 123 cm³/mol. The van der Waals surface area contributed by atoms with Crippen LogP contribution < -0.4 is 15.6 Å². The monoisotopic (exact) mass is 568 g/mol. The molecule has 0 amide bonds. The van der Waals surface area contributed by atoms with Crippen LogP contribution in [0.25, 0.3) is 0 Å². The molecule has 0 saturated heterocycles. The van der Waals surface area contributed by atoms with E-state index in [9.17, 15) is 30.3 Å². The van der Waals surface area contributed by atoms with Crippen molar-refractivity contribution >= 4 is 61.9 Å². The zero-order valence-corrected chi connectivity index (χ0v) is 21.8. The summed E-state index contributed by atoms with van der Waals surface area (Å²) in [4.78, 5) is 55.1. The number of nitrogens with zero attached hydrogens (tertiary/aromatic N) is 3. The van der Waals surface area contributed by atoms with Crippen LogP contribution in [-0.2, 0) is 24.0 Å². The van der Waals surface area contributed by atoms with Gasteiger partial charge in [0.1, 0.15) is 0 Å². The molecule has 17 heteroatoms. The normalized spacial score (nSPS) is 9.00. The molecule has 0 saturated carbocycles. The second kappa shape index (κ2) is 18.3. The van der Waals surface area contributed by atoms with Crippen molar-refractivity contribution in [2.24, 2.45) is 0 Å². The van der Waals surface area contributed by atoms with Gasteiger partial charge in [0.25, 0.3) is 46.4 Å². The molecular formula is C18H15N3O10Si3V. The van der Waals surface area contributed by atoms with Crippen molar-refractivity contribution in [3.05, 3.63) is 103 Å². The molecule has 3 aromatic carbocycles. The van der Waals surface area contributed by atoms with Gasteiger partial charge < -0.3 is 19.9 Å². The molecule has 0 spiro atoms. The van der Waals surface area contributed by atoms with Gasteiger partial charge in [0.15, 0.2) is 0 Å². The molecule has 0 aromatic heterocycles. The van der Waals surface area contributed by atoms with Crippen molar-refractivity contribution in [2.45, 2.75) is 0 Å². The summed E-state index contributed by atoms with van der Waals surface area (Å²) < 4.78 is 0. The minimum atomic E-state index is -0.482. The molecule has 7 radical (unpaired) electrons. The average molecular weight is 569 g/mol. The Hall–Kier alpha value is -3.06. The Bertz CT molecular complexity index is 974. The van der Waals surface area contributed by atoms with Gasteiger partial charge in [-0.25, -0.2) is 0 Å². The van der Waals surface area contributed by atoms with Gasteiger partial charge in [-0.15, -0.1) is 0 Å². The van der Waals surface area contributed by atoms with Crippen LogP contribution in [0.3, 0.4) is 0 Å². The first-order chi connectivity index (χ1) is 15.7. The second-order valence-corrected chi connectivity index (χ2v) is 8.16. The summed E-state index contributed by atoms with van der Waals surface area (Å²) in [7, 11) is -1.16. The van der Waals surface area contributed by atoms with E-state index in [2.05, 4.69) is 0 Å². The molecule has 0 aliphatic heterocycles. The standard InChI is InChI=1S/3C6H5NO3Si.O.V/c3*8-7(9)5-2-1-3-6(4-5)11-10;;/h3*1-4,10H;;/q;;;-2;+2. The van der Waals surface area contributed by atoms with Crippen molar-refractivity contribution < 1.29 is 53.2 Å². The molecule has 179 valence electrons. The van der Waals surface area contributed by atoms with E-state index in [1.54, 1.807) is 36.4 Å². The maximum absolute atomic E-state index is 10.2. The van der Waals surface area contributed by atoms with E-state index in [0.717, 1.165) is 0 Å². The molecule has 3 aromatic rings. The van der Waals surface area contributed by atoms with E-state index < -0.39 is 14.8 Å². The van der Waals surface area contributed by atoms with E-state index in [-0.39, 0.29) is 70.4 Å². The SMILES string of the molecule is O=[N+]([O-])c1cccc([Si]O)c1.O=[N+]([O-])c1cccc([Si]O)c1.O=[N+]([O-])c1cccc([Si]O)c1.[O-2].[V+2]. The van der Waals surface area contributed by atoms with Gasteiger partial charge >= 0.3 is 18.6 Å². The third-order valence-corrected chi connectivity index (χ3v) is 5.27. The van der Waals surface area contributed by atoms with E-state index in [0.29, 0.717) is 15.6 Å². The quantitative estimate of drug-likeness (QED) is 0.196. The molecule has 0 unspecified atom stereocenters. The molecule has 0 bridgehead atoms. The van der Waals surface area contributed by atoms with Crippen molar-refractivity contribution in [3.8, 4) is 0 Å². The molecule has 0 aliphatic carbocycles. The molecule has 0 heterocycles. The van der Waals surface area contributed by atoms with Crippen molar-refractivity contribution in [2.75, 3.05) is 0 Å². The zero-order valence-electron chi connectivity index (χ0n) is 17.4. The predicted octanol–water partition coefficient (Wildman–Crippen LogP) is -0.627. The maximum atomic E-state index is 10.2. The van der Waals surface area contributed by atoms with Crippen LogP contribution in [0.1, 0.15) is 0 Å². The van der Waals surface area contributed by atoms with Gasteiger partial charge in [0.05, 0.1) is 14.8 Å². The summed E-state index contributed by atoms with van der Waals surface area (Å²) in [6, 6.07) is 17.8. The number of nitro groups is 3. The Labute approximate surface area is 217 Å². The van der Waals surface area contributed by atoms with Crippen LogP contribution in [0.4, 0.5) is 17.1 Å². The summed E-state index contributed by atoms with van der Waals surface area (Å²) in [6.07, 6.45) is 0. The molecular weight excluding hydrogens is 553 g/mol. The molecule has 3 rings (SSSR count).